The second-order valence-corrected chi connectivity index (χ2v) is 7.96. The third-order valence-electron chi connectivity index (χ3n) is 4.44. The normalized spacial score (nSPS) is 11.8. The third kappa shape index (κ3) is 4.68. The summed E-state index contributed by atoms with van der Waals surface area (Å²) < 4.78 is 5.40. The number of aryl methyl sites for hydroxylation is 4. The summed E-state index contributed by atoms with van der Waals surface area (Å²) in [5.41, 5.74) is 5.05. The zero-order valence-corrected chi connectivity index (χ0v) is 17.9. The van der Waals surface area contributed by atoms with Crippen molar-refractivity contribution in [1.29, 1.82) is 0 Å². The van der Waals surface area contributed by atoms with Gasteiger partial charge in [0.15, 0.2) is 6.10 Å². The van der Waals surface area contributed by atoms with Crippen LogP contribution in [0.1, 0.15) is 39.0 Å². The summed E-state index contributed by atoms with van der Waals surface area (Å²) in [5, 5.41) is 3.51. The smallest absolute Gasteiger partial charge is 0.351 e. The molecule has 3 aromatic rings. The van der Waals surface area contributed by atoms with Crippen molar-refractivity contribution in [3.05, 3.63) is 63.8 Å². The monoisotopic (exact) mass is 409 g/mol. The third-order valence-corrected chi connectivity index (χ3v) is 5.60. The number of benzene rings is 1. The summed E-state index contributed by atoms with van der Waals surface area (Å²) in [4.78, 5) is 34.2. The zero-order chi connectivity index (χ0) is 21.1. The van der Waals surface area contributed by atoms with E-state index in [0.717, 1.165) is 22.4 Å². The van der Waals surface area contributed by atoms with Gasteiger partial charge in [0.1, 0.15) is 9.88 Å². The molecule has 1 amide bonds. The fourth-order valence-corrected chi connectivity index (χ4v) is 3.98. The predicted molar refractivity (Wildman–Crippen MR) is 114 cm³/mol. The van der Waals surface area contributed by atoms with Gasteiger partial charge in [-0.15, -0.1) is 11.3 Å². The Labute approximate surface area is 174 Å². The van der Waals surface area contributed by atoms with Crippen molar-refractivity contribution in [1.82, 2.24) is 9.97 Å². The number of hydrogen-bond acceptors (Lipinski definition) is 6. The average Bonchev–Trinajstić information content (AvgIpc) is 3.07. The van der Waals surface area contributed by atoms with Crippen LogP contribution in [-0.4, -0.2) is 27.9 Å². The van der Waals surface area contributed by atoms with E-state index in [4.69, 9.17) is 4.74 Å². The average molecular weight is 410 g/mol. The quantitative estimate of drug-likeness (QED) is 0.622. The first kappa shape index (κ1) is 20.7. The maximum absolute atomic E-state index is 12.6. The molecule has 0 aliphatic carbocycles. The van der Waals surface area contributed by atoms with Gasteiger partial charge >= 0.3 is 5.97 Å². The van der Waals surface area contributed by atoms with Gasteiger partial charge in [-0.25, -0.2) is 9.78 Å². The standard InChI is InChI=1S/C22H23N3O3S/c1-12-10-13(2)18(14(3)11-12)25-20(26)16(5)28-22(27)19-15(4)24-21(29-19)17-8-6-7-9-23-17/h6-11,16H,1-5H3,(H,25,26)/t16-/m0/s1. The number of pyridine rings is 1. The molecule has 0 saturated carbocycles. The number of rotatable bonds is 5. The second-order valence-electron chi connectivity index (χ2n) is 6.96. The van der Waals surface area contributed by atoms with Crippen LogP contribution in [0, 0.1) is 27.7 Å². The molecule has 0 spiro atoms. The van der Waals surface area contributed by atoms with Crippen LogP contribution >= 0.6 is 11.3 Å². The van der Waals surface area contributed by atoms with Crippen molar-refractivity contribution in [3.8, 4) is 10.7 Å². The largest absolute Gasteiger partial charge is 0.448 e. The van der Waals surface area contributed by atoms with Gasteiger partial charge in [-0.1, -0.05) is 23.8 Å². The number of hydrogen-bond donors (Lipinski definition) is 1. The molecule has 0 aliphatic heterocycles. The Morgan fingerprint density at radius 2 is 1.79 bits per heavy atom. The molecule has 0 bridgehead atoms. The number of ether oxygens (including phenoxy) is 1. The van der Waals surface area contributed by atoms with Crippen LogP contribution in [0.25, 0.3) is 10.7 Å². The second kappa shape index (κ2) is 8.53. The summed E-state index contributed by atoms with van der Waals surface area (Å²) in [6.45, 7) is 9.18. The van der Waals surface area contributed by atoms with Gasteiger partial charge in [0.25, 0.3) is 5.91 Å². The number of aromatic nitrogens is 2. The van der Waals surface area contributed by atoms with Crippen molar-refractivity contribution >= 4 is 28.9 Å². The molecule has 3 rings (SSSR count). The first-order chi connectivity index (χ1) is 13.8. The van der Waals surface area contributed by atoms with Crippen molar-refractivity contribution in [2.45, 2.75) is 40.7 Å². The first-order valence-corrected chi connectivity index (χ1v) is 10.1. The maximum atomic E-state index is 12.6. The van der Waals surface area contributed by atoms with E-state index in [1.807, 2.05) is 51.1 Å². The maximum Gasteiger partial charge on any atom is 0.351 e. The Kier molecular flexibility index (Phi) is 6.08. The fraction of sp³-hybridized carbons (Fsp3) is 0.273. The van der Waals surface area contributed by atoms with Crippen molar-refractivity contribution in [2.24, 2.45) is 0 Å². The predicted octanol–water partition coefficient (Wildman–Crippen LogP) is 4.62. The number of thiazole rings is 1. The highest BCUT2D eigenvalue weighted by Crippen LogP contribution is 2.27. The van der Waals surface area contributed by atoms with Crippen LogP contribution in [-0.2, 0) is 9.53 Å². The highest BCUT2D eigenvalue weighted by atomic mass is 32.1. The summed E-state index contributed by atoms with van der Waals surface area (Å²) in [6.07, 6.45) is 0.730. The molecular weight excluding hydrogens is 386 g/mol. The highest BCUT2D eigenvalue weighted by molar-refractivity contribution is 7.17. The number of esters is 1. The molecule has 0 saturated heterocycles. The van der Waals surface area contributed by atoms with Gasteiger partial charge in [-0.2, -0.15) is 0 Å². The number of anilines is 1. The van der Waals surface area contributed by atoms with Gasteiger partial charge in [-0.05, 0) is 57.9 Å². The molecule has 1 aromatic carbocycles. The van der Waals surface area contributed by atoms with Crippen molar-refractivity contribution in [3.63, 3.8) is 0 Å². The van der Waals surface area contributed by atoms with Gasteiger partial charge < -0.3 is 10.1 Å². The van der Waals surface area contributed by atoms with Crippen LogP contribution < -0.4 is 5.32 Å². The van der Waals surface area contributed by atoms with E-state index >= 15 is 0 Å². The van der Waals surface area contributed by atoms with E-state index in [-0.39, 0.29) is 5.91 Å². The Bertz CT molecular complexity index is 1040. The lowest BCUT2D eigenvalue weighted by Gasteiger charge is -2.16. The van der Waals surface area contributed by atoms with Gasteiger partial charge in [0.05, 0.1) is 11.4 Å². The van der Waals surface area contributed by atoms with Crippen LogP contribution in [0.3, 0.4) is 0 Å². The molecule has 0 unspecified atom stereocenters. The summed E-state index contributed by atoms with van der Waals surface area (Å²) in [6, 6.07) is 9.50. The van der Waals surface area contributed by atoms with E-state index < -0.39 is 12.1 Å². The number of carbonyl (C=O) groups is 2. The number of amides is 1. The molecule has 1 atom stereocenters. The molecule has 29 heavy (non-hydrogen) atoms. The van der Waals surface area contributed by atoms with E-state index in [0.29, 0.717) is 21.3 Å². The minimum atomic E-state index is -0.942. The van der Waals surface area contributed by atoms with Gasteiger partial charge in [0.2, 0.25) is 0 Å². The molecule has 7 heteroatoms. The minimum Gasteiger partial charge on any atom is -0.448 e. The van der Waals surface area contributed by atoms with Crippen LogP contribution in [0.4, 0.5) is 5.69 Å². The fourth-order valence-electron chi connectivity index (χ4n) is 3.05. The lowest BCUT2D eigenvalue weighted by atomic mass is 10.0. The molecule has 0 aliphatic rings. The Morgan fingerprint density at radius 1 is 1.10 bits per heavy atom. The van der Waals surface area contributed by atoms with Crippen molar-refractivity contribution < 1.29 is 14.3 Å². The SMILES string of the molecule is Cc1cc(C)c(NC(=O)[C@H](C)OC(=O)c2sc(-c3ccccn3)nc2C)c(C)c1. The van der Waals surface area contributed by atoms with Gasteiger partial charge in [0, 0.05) is 11.9 Å². The van der Waals surface area contributed by atoms with E-state index in [9.17, 15) is 9.59 Å². The van der Waals surface area contributed by atoms with Crippen molar-refractivity contribution in [2.75, 3.05) is 5.32 Å². The number of nitrogens with one attached hydrogen (secondary N) is 1. The molecular formula is C22H23N3O3S. The summed E-state index contributed by atoms with van der Waals surface area (Å²) >= 11 is 1.21. The Morgan fingerprint density at radius 3 is 2.41 bits per heavy atom. The highest BCUT2D eigenvalue weighted by Gasteiger charge is 2.24. The van der Waals surface area contributed by atoms with Crippen LogP contribution in [0.2, 0.25) is 0 Å². The molecule has 0 fully saturated rings. The molecule has 2 aromatic heterocycles. The van der Waals surface area contributed by atoms with Crippen LogP contribution in [0.5, 0.6) is 0 Å². The van der Waals surface area contributed by atoms with E-state index in [2.05, 4.69) is 15.3 Å². The lowest BCUT2D eigenvalue weighted by Crippen LogP contribution is -2.30. The molecule has 1 N–H and O–H groups in total. The molecule has 150 valence electrons. The van der Waals surface area contributed by atoms with Gasteiger partial charge in [-0.3, -0.25) is 9.78 Å². The van der Waals surface area contributed by atoms with Crippen LogP contribution in [0.15, 0.2) is 36.5 Å². The molecule has 0 radical (unpaired) electrons. The summed E-state index contributed by atoms with van der Waals surface area (Å²) in [7, 11) is 0. The molecule has 6 nitrogen and oxygen atoms in total. The first-order valence-electron chi connectivity index (χ1n) is 9.24. The number of carbonyl (C=O) groups excluding carboxylic acids is 2. The Balaban J connectivity index is 1.71. The molecule has 2 heterocycles. The zero-order valence-electron chi connectivity index (χ0n) is 17.1. The lowest BCUT2D eigenvalue weighted by molar-refractivity contribution is -0.123. The van der Waals surface area contributed by atoms with E-state index in [1.165, 1.54) is 11.3 Å². The minimum absolute atomic E-state index is 0.369. The number of nitrogens with zero attached hydrogens (tertiary/aromatic N) is 2. The topological polar surface area (TPSA) is 81.2 Å². The summed E-state index contributed by atoms with van der Waals surface area (Å²) in [5.74, 6) is -0.942. The van der Waals surface area contributed by atoms with E-state index in [1.54, 1.807) is 20.0 Å². The Hall–Kier alpha value is -3.06.